The van der Waals surface area contributed by atoms with E-state index in [-0.39, 0.29) is 11.8 Å². The van der Waals surface area contributed by atoms with E-state index in [9.17, 15) is 9.59 Å². The van der Waals surface area contributed by atoms with Crippen LogP contribution in [-0.4, -0.2) is 66.7 Å². The fourth-order valence-electron chi connectivity index (χ4n) is 3.10. The second kappa shape index (κ2) is 8.67. The molecule has 27 heavy (non-hydrogen) atoms. The fraction of sp³-hybridized carbons (Fsp3) is 0.632. The van der Waals surface area contributed by atoms with Crippen molar-refractivity contribution in [2.75, 3.05) is 34.4 Å². The molecule has 0 unspecified atom stereocenters. The highest BCUT2D eigenvalue weighted by molar-refractivity contribution is 5.97. The molecule has 0 spiro atoms. The number of carbonyl (C=O) groups is 2. The Balaban J connectivity index is 2.36. The van der Waals surface area contributed by atoms with Gasteiger partial charge in [0.25, 0.3) is 5.91 Å². The second-order valence-corrected chi connectivity index (χ2v) is 7.90. The minimum atomic E-state index is -0.652. The molecule has 0 aliphatic carbocycles. The third-order valence-corrected chi connectivity index (χ3v) is 4.62. The molecule has 0 fully saturated rings. The lowest BCUT2D eigenvalue weighted by Crippen LogP contribution is -2.53. The minimum Gasteiger partial charge on any atom is -0.381 e. The second-order valence-electron chi connectivity index (χ2n) is 7.90. The number of likely N-dealkylation sites (N-methyl/N-ethyl adjacent to an activating group) is 2. The first-order chi connectivity index (χ1) is 12.7. The molecule has 1 atom stereocenters. The number of nitrogens with one attached hydrogen (secondary N) is 2. The average molecular weight is 377 g/mol. The minimum absolute atomic E-state index is 0.221. The lowest BCUT2D eigenvalue weighted by atomic mass is 9.86. The highest BCUT2D eigenvalue weighted by Gasteiger charge is 2.34. The molecule has 1 aromatic heterocycles. The van der Waals surface area contributed by atoms with E-state index in [4.69, 9.17) is 4.74 Å². The van der Waals surface area contributed by atoms with Gasteiger partial charge in [0.1, 0.15) is 11.9 Å². The number of rotatable bonds is 6. The summed E-state index contributed by atoms with van der Waals surface area (Å²) < 4.78 is 7.11. The summed E-state index contributed by atoms with van der Waals surface area (Å²) in [7, 11) is 5.21. The van der Waals surface area contributed by atoms with Gasteiger partial charge in [-0.05, 0) is 18.5 Å². The van der Waals surface area contributed by atoms with Gasteiger partial charge in [-0.25, -0.2) is 4.98 Å². The van der Waals surface area contributed by atoms with E-state index in [2.05, 4.69) is 25.1 Å². The molecule has 1 aromatic rings. The number of methoxy groups -OCH3 is 1. The number of ether oxygens (including phenoxy) is 1. The Kier molecular flexibility index (Phi) is 6.78. The molecule has 8 heteroatoms. The number of hydrogen-bond donors (Lipinski definition) is 2. The summed E-state index contributed by atoms with van der Waals surface area (Å²) in [5.74, 6) is 0.178. The Labute approximate surface area is 161 Å². The summed E-state index contributed by atoms with van der Waals surface area (Å²) in [5, 5.41) is 5.50. The first-order valence-electron chi connectivity index (χ1n) is 9.15. The van der Waals surface area contributed by atoms with Gasteiger partial charge in [0.2, 0.25) is 5.91 Å². The van der Waals surface area contributed by atoms with Gasteiger partial charge in [0, 0.05) is 33.8 Å². The normalized spacial score (nSPS) is 16.2. The smallest absolute Gasteiger partial charge is 0.272 e. The highest BCUT2D eigenvalue weighted by Crippen LogP contribution is 2.23. The standard InChI is InChI=1S/C19H31N5O3/c1-19(2,3)16(18(26)20-4)22-17(25)15-13-12-23(5)9-10-24(13)14(21-15)8-7-11-27-6/h7-8,16H,9-12H2,1-6H3,(H,20,26)(H,22,25)/t16-/m1/s1. The Morgan fingerprint density at radius 3 is 2.63 bits per heavy atom. The third-order valence-electron chi connectivity index (χ3n) is 4.62. The predicted octanol–water partition coefficient (Wildman–Crippen LogP) is 0.879. The Morgan fingerprint density at radius 2 is 2.04 bits per heavy atom. The molecular weight excluding hydrogens is 346 g/mol. The van der Waals surface area contributed by atoms with Crippen LogP contribution in [0.3, 0.4) is 0 Å². The molecule has 1 aliphatic rings. The average Bonchev–Trinajstić information content (AvgIpc) is 2.96. The van der Waals surface area contributed by atoms with Crippen molar-refractivity contribution in [3.8, 4) is 0 Å². The molecule has 0 bridgehead atoms. The van der Waals surface area contributed by atoms with Gasteiger partial charge in [-0.2, -0.15) is 0 Å². The van der Waals surface area contributed by atoms with Crippen molar-refractivity contribution in [3.63, 3.8) is 0 Å². The van der Waals surface area contributed by atoms with Crippen LogP contribution in [0.15, 0.2) is 6.08 Å². The number of fused-ring (bicyclic) bond motifs is 1. The summed E-state index contributed by atoms with van der Waals surface area (Å²) in [6.45, 7) is 8.52. The fourth-order valence-corrected chi connectivity index (χ4v) is 3.10. The number of hydrogen-bond acceptors (Lipinski definition) is 5. The number of imidazole rings is 1. The van der Waals surface area contributed by atoms with E-state index in [0.717, 1.165) is 24.6 Å². The Morgan fingerprint density at radius 1 is 1.33 bits per heavy atom. The first kappa shape index (κ1) is 21.1. The molecule has 2 heterocycles. The van der Waals surface area contributed by atoms with E-state index in [1.807, 2.05) is 40.0 Å². The molecule has 0 saturated carbocycles. The lowest BCUT2D eigenvalue weighted by Gasteiger charge is -2.30. The van der Waals surface area contributed by atoms with Crippen molar-refractivity contribution in [1.29, 1.82) is 0 Å². The molecule has 2 rings (SSSR count). The zero-order valence-electron chi connectivity index (χ0n) is 17.1. The van der Waals surface area contributed by atoms with Gasteiger partial charge >= 0.3 is 0 Å². The summed E-state index contributed by atoms with van der Waals surface area (Å²) in [6.07, 6.45) is 3.74. The van der Waals surface area contributed by atoms with E-state index >= 15 is 0 Å². The predicted molar refractivity (Wildman–Crippen MR) is 104 cm³/mol. The van der Waals surface area contributed by atoms with Crippen LogP contribution in [0, 0.1) is 5.41 Å². The van der Waals surface area contributed by atoms with Crippen LogP contribution in [0.5, 0.6) is 0 Å². The number of nitrogens with zero attached hydrogens (tertiary/aromatic N) is 3. The van der Waals surface area contributed by atoms with Crippen molar-refractivity contribution in [2.24, 2.45) is 5.41 Å². The van der Waals surface area contributed by atoms with Gasteiger partial charge < -0.3 is 19.9 Å². The Hall–Kier alpha value is -2.19. The maximum Gasteiger partial charge on any atom is 0.272 e. The SMILES string of the molecule is CNC(=O)[C@@H](NC(=O)c1nc(C=CCOC)n2c1CN(C)CC2)C(C)(C)C. The molecule has 2 amide bonds. The highest BCUT2D eigenvalue weighted by atomic mass is 16.5. The van der Waals surface area contributed by atoms with Gasteiger partial charge in [-0.3, -0.25) is 14.5 Å². The van der Waals surface area contributed by atoms with E-state index in [1.54, 1.807) is 14.2 Å². The molecule has 2 N–H and O–H groups in total. The van der Waals surface area contributed by atoms with E-state index in [1.165, 1.54) is 0 Å². The van der Waals surface area contributed by atoms with Crippen LogP contribution < -0.4 is 10.6 Å². The maximum absolute atomic E-state index is 13.0. The van der Waals surface area contributed by atoms with Gasteiger partial charge in [0.15, 0.2) is 5.69 Å². The van der Waals surface area contributed by atoms with Crippen molar-refractivity contribution < 1.29 is 14.3 Å². The number of carbonyl (C=O) groups excluding carboxylic acids is 2. The van der Waals surface area contributed by atoms with Gasteiger partial charge in [0.05, 0.1) is 12.3 Å². The van der Waals surface area contributed by atoms with Crippen LogP contribution >= 0.6 is 0 Å². The van der Waals surface area contributed by atoms with E-state index in [0.29, 0.717) is 18.8 Å². The molecule has 0 aromatic carbocycles. The van der Waals surface area contributed by atoms with E-state index < -0.39 is 11.5 Å². The topological polar surface area (TPSA) is 88.5 Å². The Bertz CT molecular complexity index is 718. The molecule has 0 radical (unpaired) electrons. The number of amides is 2. The third kappa shape index (κ3) is 4.95. The van der Waals surface area contributed by atoms with Crippen molar-refractivity contribution in [2.45, 2.75) is 39.9 Å². The first-order valence-corrected chi connectivity index (χ1v) is 9.15. The van der Waals surface area contributed by atoms with Crippen molar-refractivity contribution >= 4 is 17.9 Å². The van der Waals surface area contributed by atoms with Crippen LogP contribution in [0.4, 0.5) is 0 Å². The van der Waals surface area contributed by atoms with Gasteiger partial charge in [-0.1, -0.05) is 26.8 Å². The van der Waals surface area contributed by atoms with Crippen LogP contribution in [0.1, 0.15) is 42.8 Å². The molecule has 8 nitrogen and oxygen atoms in total. The number of aromatic nitrogens is 2. The van der Waals surface area contributed by atoms with Crippen LogP contribution in [0.25, 0.3) is 6.08 Å². The lowest BCUT2D eigenvalue weighted by molar-refractivity contribution is -0.124. The van der Waals surface area contributed by atoms with Crippen LogP contribution in [0.2, 0.25) is 0 Å². The summed E-state index contributed by atoms with van der Waals surface area (Å²) >= 11 is 0. The van der Waals surface area contributed by atoms with Crippen LogP contribution in [-0.2, 0) is 22.6 Å². The van der Waals surface area contributed by atoms with Crippen molar-refractivity contribution in [1.82, 2.24) is 25.1 Å². The molecule has 0 saturated heterocycles. The molecular formula is C19H31N5O3. The van der Waals surface area contributed by atoms with Gasteiger partial charge in [-0.15, -0.1) is 0 Å². The molecule has 1 aliphatic heterocycles. The summed E-state index contributed by atoms with van der Waals surface area (Å²) in [5.41, 5.74) is 0.813. The molecule has 150 valence electrons. The summed E-state index contributed by atoms with van der Waals surface area (Å²) in [4.78, 5) is 32.0. The zero-order chi connectivity index (χ0) is 20.2. The van der Waals surface area contributed by atoms with Crippen molar-refractivity contribution in [3.05, 3.63) is 23.3 Å². The largest absolute Gasteiger partial charge is 0.381 e. The zero-order valence-corrected chi connectivity index (χ0v) is 17.1. The maximum atomic E-state index is 13.0. The quantitative estimate of drug-likeness (QED) is 0.768. The monoisotopic (exact) mass is 377 g/mol. The summed E-state index contributed by atoms with van der Waals surface area (Å²) in [6, 6.07) is -0.652.